The first-order valence-corrected chi connectivity index (χ1v) is 25.9. The van der Waals surface area contributed by atoms with E-state index in [1.807, 2.05) is 182 Å². The molecule has 0 fully saturated rings. The second-order valence-corrected chi connectivity index (χ2v) is 26.3. The van der Waals surface area contributed by atoms with Crippen molar-refractivity contribution in [2.75, 3.05) is 0 Å². The van der Waals surface area contributed by atoms with Gasteiger partial charge in [-0.3, -0.25) is 0 Å². The highest BCUT2D eigenvalue weighted by Crippen LogP contribution is 2.80. The van der Waals surface area contributed by atoms with Crippen LogP contribution in [0.4, 0.5) is 13.2 Å². The molecule has 0 unspecified atom stereocenters. The van der Waals surface area contributed by atoms with Gasteiger partial charge in [-0.2, -0.15) is 21.6 Å². The number of rotatable bonds is 12. The summed E-state index contributed by atoms with van der Waals surface area (Å²) in [4.78, 5) is 0. The first kappa shape index (κ1) is 41.4. The van der Waals surface area contributed by atoms with E-state index in [1.54, 1.807) is 60.7 Å². The van der Waals surface area contributed by atoms with E-state index >= 15 is 13.2 Å². The fourth-order valence-corrected chi connectivity index (χ4v) is 30.7. The van der Waals surface area contributed by atoms with E-state index in [0.29, 0.717) is 15.4 Å². The Bertz CT molecular complexity index is 2450. The average Bonchev–Trinajstić information content (AvgIpc) is 3.30. The van der Waals surface area contributed by atoms with Gasteiger partial charge in [0, 0.05) is 10.6 Å². The molecule has 0 N–H and O–H groups in total. The van der Waals surface area contributed by atoms with Gasteiger partial charge in [-0.15, -0.1) is 0 Å². The predicted octanol–water partition coefficient (Wildman–Crippen LogP) is 9.51. The molecule has 8 aromatic carbocycles. The van der Waals surface area contributed by atoms with Crippen LogP contribution in [0.1, 0.15) is 0 Å². The number of hydrogen-bond donors (Lipinski definition) is 0. The van der Waals surface area contributed by atoms with Crippen LogP contribution in [0.15, 0.2) is 243 Å². The lowest BCUT2D eigenvalue weighted by molar-refractivity contribution is -0.0496. The zero-order valence-electron chi connectivity index (χ0n) is 32.2. The quantitative estimate of drug-likeness (QED) is 0.0909. The molecule has 0 amide bonds. The summed E-state index contributed by atoms with van der Waals surface area (Å²) in [5.41, 5.74) is -5.77. The largest absolute Gasteiger partial charge is 0.523 e. The Morgan fingerprint density at radius 1 is 0.367 bits per heavy atom. The summed E-state index contributed by atoms with van der Waals surface area (Å²) < 4.78 is 82.6. The summed E-state index contributed by atoms with van der Waals surface area (Å²) in [5.74, 6) is 0. The van der Waals surface area contributed by atoms with Crippen molar-refractivity contribution in [3.8, 4) is 0 Å². The second-order valence-electron chi connectivity index (χ2n) is 13.9. The van der Waals surface area contributed by atoms with Crippen LogP contribution in [0.25, 0.3) is 0 Å². The van der Waals surface area contributed by atoms with E-state index in [-0.39, 0.29) is 0 Å². The standard InChI is InChI=1S/C50H40F3O3P3S/c51-50(52,53)60(54,55)56-59(47-37-21-7-22-38-47,48-39-23-8-24-40-48)49(57(41-25-9-1-10-26-41,42-27-11-2-12-28-42)43-29-13-3-14-30-43)58(44-31-15-4-16-32-44,45-33-17-5-18-34-45)46-35-19-6-20-36-46/h1-40H/q+2. The summed E-state index contributed by atoms with van der Waals surface area (Å²) >= 11 is 0. The first-order valence-electron chi connectivity index (χ1n) is 19.2. The molecule has 0 heterocycles. The summed E-state index contributed by atoms with van der Waals surface area (Å²) in [7, 11) is -18.1. The minimum Gasteiger partial charge on any atom is -0.226 e. The van der Waals surface area contributed by atoms with Crippen molar-refractivity contribution in [3.05, 3.63) is 243 Å². The fourth-order valence-electron chi connectivity index (χ4n) is 8.11. The maximum Gasteiger partial charge on any atom is 0.523 e. The van der Waals surface area contributed by atoms with Crippen molar-refractivity contribution in [1.29, 1.82) is 0 Å². The van der Waals surface area contributed by atoms with E-state index in [2.05, 4.69) is 0 Å². The van der Waals surface area contributed by atoms with Gasteiger partial charge in [0.05, 0.1) is 0 Å². The number of hydrogen-bond acceptors (Lipinski definition) is 3. The first-order chi connectivity index (χ1) is 29.2. The minimum absolute atomic E-state index is 0.332. The van der Waals surface area contributed by atoms with Crippen molar-refractivity contribution < 1.29 is 25.6 Å². The fraction of sp³-hybridized carbons (Fsp3) is 0.0200. The highest BCUT2D eigenvalue weighted by molar-refractivity contribution is 8.39. The Hall–Kier alpha value is -5.38. The lowest BCUT2D eigenvalue weighted by atomic mass is 10.4. The van der Waals surface area contributed by atoms with Crippen molar-refractivity contribution in [1.82, 2.24) is 0 Å². The van der Waals surface area contributed by atoms with E-state index in [0.717, 1.165) is 31.8 Å². The SMILES string of the molecule is O=S(=O)(OP(=C([P+](c1ccccc1)(c1ccccc1)c1ccccc1)[P+](c1ccccc1)(c1ccccc1)c1ccccc1)(c1ccccc1)c1ccccc1)C(F)(F)F. The van der Waals surface area contributed by atoms with E-state index < -0.39 is 37.3 Å². The Labute approximate surface area is 351 Å². The highest BCUT2D eigenvalue weighted by atomic mass is 32.2. The Morgan fingerprint density at radius 2 is 0.567 bits per heavy atom. The van der Waals surface area contributed by atoms with Gasteiger partial charge in [0.1, 0.15) is 31.8 Å². The molecule has 0 saturated carbocycles. The summed E-state index contributed by atoms with van der Waals surface area (Å²) in [6, 6.07) is 76.7. The van der Waals surface area contributed by atoms with E-state index in [9.17, 15) is 8.42 Å². The summed E-state index contributed by atoms with van der Waals surface area (Å²) in [6.07, 6.45) is 0. The highest BCUT2D eigenvalue weighted by Gasteiger charge is 2.71. The molecule has 0 saturated heterocycles. The molecule has 0 aromatic heterocycles. The predicted molar refractivity (Wildman–Crippen MR) is 250 cm³/mol. The molecule has 0 aliphatic heterocycles. The number of benzene rings is 8. The van der Waals surface area contributed by atoms with Gasteiger partial charge in [-0.1, -0.05) is 170 Å². The van der Waals surface area contributed by atoms with Crippen molar-refractivity contribution in [3.63, 3.8) is 0 Å². The Morgan fingerprint density at radius 3 is 0.767 bits per heavy atom. The molecule has 0 aliphatic carbocycles. The second kappa shape index (κ2) is 17.3. The maximum absolute atomic E-state index is 15.5. The molecule has 0 radical (unpaired) electrons. The van der Waals surface area contributed by atoms with Gasteiger partial charge in [0.15, 0.2) is 21.6 Å². The average molecular weight is 871 g/mol. The van der Waals surface area contributed by atoms with E-state index in [4.69, 9.17) is 3.97 Å². The molecule has 0 aliphatic rings. The van der Waals surface area contributed by atoms with Crippen molar-refractivity contribution in [2.45, 2.75) is 5.51 Å². The smallest absolute Gasteiger partial charge is 0.226 e. The minimum atomic E-state index is -6.35. The third-order valence-electron chi connectivity index (χ3n) is 10.5. The summed E-state index contributed by atoms with van der Waals surface area (Å²) in [5, 5.41) is 5.63. The molecule has 10 heteroatoms. The molecule has 0 bridgehead atoms. The zero-order chi connectivity index (χ0) is 41.7. The molecule has 3 nitrogen and oxygen atoms in total. The molecule has 0 spiro atoms. The van der Waals surface area contributed by atoms with Crippen LogP contribution in [0, 0.1) is 0 Å². The third-order valence-corrected chi connectivity index (χ3v) is 28.3. The van der Waals surface area contributed by atoms with Gasteiger partial charge in [0.2, 0.25) is 0 Å². The molecule has 60 heavy (non-hydrogen) atoms. The lowest BCUT2D eigenvalue weighted by Crippen LogP contribution is -2.47. The van der Waals surface area contributed by atoms with Gasteiger partial charge in [-0.25, -0.2) is 3.97 Å². The lowest BCUT2D eigenvalue weighted by Gasteiger charge is -2.41. The molecule has 298 valence electrons. The van der Waals surface area contributed by atoms with E-state index in [1.165, 1.54) is 0 Å². The molecular weight excluding hydrogens is 831 g/mol. The van der Waals surface area contributed by atoms with Crippen LogP contribution < -0.4 is 42.4 Å². The monoisotopic (exact) mass is 870 g/mol. The molecule has 8 aromatic rings. The Kier molecular flexibility index (Phi) is 11.9. The number of halogens is 3. The zero-order valence-corrected chi connectivity index (χ0v) is 35.7. The molecular formula is C50H40F3O3P3S+2. The van der Waals surface area contributed by atoms with Crippen LogP contribution >= 0.6 is 21.6 Å². The van der Waals surface area contributed by atoms with Gasteiger partial charge < -0.3 is 0 Å². The third kappa shape index (κ3) is 7.19. The molecule has 8 rings (SSSR count). The maximum atomic E-state index is 15.5. The summed E-state index contributed by atoms with van der Waals surface area (Å²) in [6.45, 7) is 0. The number of alkyl halides is 3. The van der Waals surface area contributed by atoms with Crippen LogP contribution in [-0.4, -0.2) is 18.7 Å². The van der Waals surface area contributed by atoms with Gasteiger partial charge in [0.25, 0.3) is 4.78 Å². The van der Waals surface area contributed by atoms with Gasteiger partial charge in [-0.05, 0) is 72.8 Å². The van der Waals surface area contributed by atoms with Crippen LogP contribution in [0.3, 0.4) is 0 Å². The van der Waals surface area contributed by atoms with Crippen molar-refractivity contribution in [2.24, 2.45) is 0 Å². The molecule has 0 atom stereocenters. The van der Waals surface area contributed by atoms with Gasteiger partial charge >= 0.3 is 15.6 Å². The normalized spacial score (nSPS) is 12.4. The van der Waals surface area contributed by atoms with Crippen LogP contribution in [-0.2, 0) is 14.1 Å². The topological polar surface area (TPSA) is 43.4 Å². The van der Waals surface area contributed by atoms with Crippen LogP contribution in [0.2, 0.25) is 0 Å². The van der Waals surface area contributed by atoms with Crippen molar-refractivity contribution >= 4 is 79.0 Å². The Balaban J connectivity index is 1.88. The van der Waals surface area contributed by atoms with Crippen LogP contribution in [0.5, 0.6) is 0 Å².